The Labute approximate surface area is 178 Å². The lowest BCUT2D eigenvalue weighted by atomic mass is 9.97. The molecule has 4 heteroatoms. The van der Waals surface area contributed by atoms with Crippen LogP contribution in [0.1, 0.15) is 32.1 Å². The third kappa shape index (κ3) is 4.10. The molecule has 0 N–H and O–H groups in total. The van der Waals surface area contributed by atoms with E-state index >= 15 is 0 Å². The summed E-state index contributed by atoms with van der Waals surface area (Å²) >= 11 is 0. The van der Waals surface area contributed by atoms with Crippen LogP contribution in [0.5, 0.6) is 17.2 Å². The molecule has 0 aromatic heterocycles. The lowest BCUT2D eigenvalue weighted by Crippen LogP contribution is -2.30. The molecule has 0 amide bonds. The molecule has 0 unspecified atom stereocenters. The lowest BCUT2D eigenvalue weighted by molar-refractivity contribution is 0.174. The van der Waals surface area contributed by atoms with Crippen molar-refractivity contribution in [2.75, 3.05) is 33.0 Å². The molecular formula is C26H29NO3. The Morgan fingerprint density at radius 2 is 1.63 bits per heavy atom. The molecule has 0 spiro atoms. The van der Waals surface area contributed by atoms with Crippen molar-refractivity contribution < 1.29 is 14.2 Å². The van der Waals surface area contributed by atoms with E-state index in [0.717, 1.165) is 41.2 Å². The van der Waals surface area contributed by atoms with Crippen LogP contribution in [-0.2, 0) is 0 Å². The zero-order valence-electron chi connectivity index (χ0n) is 17.4. The number of piperidine rings is 1. The minimum atomic E-state index is 0.296. The Bertz CT molecular complexity index is 1010. The zero-order valence-corrected chi connectivity index (χ0v) is 17.4. The van der Waals surface area contributed by atoms with Gasteiger partial charge in [-0.25, -0.2) is 0 Å². The third-order valence-corrected chi connectivity index (χ3v) is 6.14. The Kier molecular flexibility index (Phi) is 5.76. The van der Waals surface area contributed by atoms with E-state index < -0.39 is 0 Å². The molecule has 30 heavy (non-hydrogen) atoms. The Morgan fingerprint density at radius 3 is 2.53 bits per heavy atom. The minimum absolute atomic E-state index is 0.296. The van der Waals surface area contributed by atoms with Gasteiger partial charge < -0.3 is 19.1 Å². The highest BCUT2D eigenvalue weighted by Gasteiger charge is 2.16. The average molecular weight is 404 g/mol. The molecule has 0 saturated carbocycles. The van der Waals surface area contributed by atoms with Crippen molar-refractivity contribution in [3.8, 4) is 28.4 Å². The maximum Gasteiger partial charge on any atom is 0.231 e. The second-order valence-corrected chi connectivity index (χ2v) is 8.18. The maximum absolute atomic E-state index is 6.21. The quantitative estimate of drug-likeness (QED) is 0.461. The van der Waals surface area contributed by atoms with E-state index in [-0.39, 0.29) is 0 Å². The molecule has 3 aromatic carbocycles. The Hall–Kier alpha value is -2.72. The van der Waals surface area contributed by atoms with Gasteiger partial charge in [0.1, 0.15) is 5.75 Å². The number of ether oxygens (including phenoxy) is 3. The van der Waals surface area contributed by atoms with Crippen LogP contribution >= 0.6 is 0 Å². The number of rotatable bonds is 7. The predicted molar refractivity (Wildman–Crippen MR) is 121 cm³/mol. The molecule has 2 aliphatic heterocycles. The van der Waals surface area contributed by atoms with Crippen LogP contribution in [0.3, 0.4) is 0 Å². The van der Waals surface area contributed by atoms with Gasteiger partial charge in [0.2, 0.25) is 6.79 Å². The summed E-state index contributed by atoms with van der Waals surface area (Å²) in [6, 6.07) is 18.9. The van der Waals surface area contributed by atoms with Crippen molar-refractivity contribution in [1.29, 1.82) is 0 Å². The summed E-state index contributed by atoms with van der Waals surface area (Å²) < 4.78 is 17.2. The van der Waals surface area contributed by atoms with Crippen LogP contribution in [0.4, 0.5) is 0 Å². The molecule has 156 valence electrons. The molecule has 0 radical (unpaired) electrons. The van der Waals surface area contributed by atoms with E-state index in [0.29, 0.717) is 6.79 Å². The lowest BCUT2D eigenvalue weighted by Gasteiger charge is -2.26. The van der Waals surface area contributed by atoms with E-state index in [4.69, 9.17) is 14.2 Å². The standard InChI is InChI=1S/C26H29NO3/c1-4-14-27(15-5-1)16-6-7-17-28-24-13-11-21(22-8-2-3-9-23(22)24)20-10-12-25-26(18-20)30-19-29-25/h2-3,8-13,18H,1,4-7,14-17,19H2. The first-order chi connectivity index (χ1) is 14.9. The van der Waals surface area contributed by atoms with Gasteiger partial charge in [0.15, 0.2) is 11.5 Å². The van der Waals surface area contributed by atoms with E-state index in [1.165, 1.54) is 56.3 Å². The van der Waals surface area contributed by atoms with Crippen molar-refractivity contribution >= 4 is 10.8 Å². The number of hydrogen-bond donors (Lipinski definition) is 0. The fraction of sp³-hybridized carbons (Fsp3) is 0.385. The fourth-order valence-electron chi connectivity index (χ4n) is 4.52. The highest BCUT2D eigenvalue weighted by molar-refractivity contribution is 6.00. The Balaban J connectivity index is 1.28. The predicted octanol–water partition coefficient (Wildman–Crippen LogP) is 5.88. The van der Waals surface area contributed by atoms with Gasteiger partial charge in [0.25, 0.3) is 0 Å². The summed E-state index contributed by atoms with van der Waals surface area (Å²) in [5.41, 5.74) is 2.31. The highest BCUT2D eigenvalue weighted by atomic mass is 16.7. The zero-order chi connectivity index (χ0) is 20.2. The normalized spacial score (nSPS) is 16.1. The topological polar surface area (TPSA) is 30.9 Å². The van der Waals surface area contributed by atoms with Gasteiger partial charge in [0.05, 0.1) is 6.61 Å². The number of unbranched alkanes of at least 4 members (excludes halogenated alkanes) is 1. The molecule has 1 saturated heterocycles. The average Bonchev–Trinajstić information content (AvgIpc) is 3.27. The first kappa shape index (κ1) is 19.3. The van der Waals surface area contributed by atoms with Crippen LogP contribution in [0.2, 0.25) is 0 Å². The molecule has 1 fully saturated rings. The number of nitrogens with zero attached hydrogens (tertiary/aromatic N) is 1. The fourth-order valence-corrected chi connectivity index (χ4v) is 4.52. The molecule has 2 heterocycles. The maximum atomic E-state index is 6.21. The molecule has 0 atom stereocenters. The summed E-state index contributed by atoms with van der Waals surface area (Å²) in [6.07, 6.45) is 6.41. The molecular weight excluding hydrogens is 374 g/mol. The number of fused-ring (bicyclic) bond motifs is 2. The number of hydrogen-bond acceptors (Lipinski definition) is 4. The van der Waals surface area contributed by atoms with Gasteiger partial charge >= 0.3 is 0 Å². The van der Waals surface area contributed by atoms with E-state index in [1.54, 1.807) is 0 Å². The van der Waals surface area contributed by atoms with Gasteiger partial charge in [-0.05, 0) is 80.0 Å². The van der Waals surface area contributed by atoms with Gasteiger partial charge in [-0.1, -0.05) is 42.8 Å². The largest absolute Gasteiger partial charge is 0.493 e. The van der Waals surface area contributed by atoms with Gasteiger partial charge in [-0.2, -0.15) is 0 Å². The summed E-state index contributed by atoms with van der Waals surface area (Å²) in [6.45, 7) is 4.80. The van der Waals surface area contributed by atoms with Gasteiger partial charge in [-0.3, -0.25) is 0 Å². The van der Waals surface area contributed by atoms with Crippen molar-refractivity contribution in [2.24, 2.45) is 0 Å². The third-order valence-electron chi connectivity index (χ3n) is 6.14. The summed E-state index contributed by atoms with van der Waals surface area (Å²) in [4.78, 5) is 2.60. The summed E-state index contributed by atoms with van der Waals surface area (Å²) in [5.74, 6) is 2.59. The minimum Gasteiger partial charge on any atom is -0.493 e. The summed E-state index contributed by atoms with van der Waals surface area (Å²) in [7, 11) is 0. The first-order valence-electron chi connectivity index (χ1n) is 11.2. The van der Waals surface area contributed by atoms with Gasteiger partial charge in [-0.15, -0.1) is 0 Å². The number of benzene rings is 3. The smallest absolute Gasteiger partial charge is 0.231 e. The van der Waals surface area contributed by atoms with Crippen molar-refractivity contribution in [1.82, 2.24) is 4.90 Å². The molecule has 3 aromatic rings. The van der Waals surface area contributed by atoms with E-state index in [2.05, 4.69) is 53.4 Å². The second-order valence-electron chi connectivity index (χ2n) is 8.18. The van der Waals surface area contributed by atoms with Crippen molar-refractivity contribution in [2.45, 2.75) is 32.1 Å². The van der Waals surface area contributed by atoms with E-state index in [1.807, 2.05) is 6.07 Å². The second kappa shape index (κ2) is 8.97. The molecule has 0 bridgehead atoms. The Morgan fingerprint density at radius 1 is 0.800 bits per heavy atom. The SMILES string of the molecule is c1ccc2c(-c3ccc4c(c3)OCO4)ccc(OCCCCN3CCCCC3)c2c1. The van der Waals surface area contributed by atoms with Crippen LogP contribution in [0.15, 0.2) is 54.6 Å². The monoisotopic (exact) mass is 403 g/mol. The van der Waals surface area contributed by atoms with Crippen LogP contribution in [0, 0.1) is 0 Å². The number of likely N-dealkylation sites (tertiary alicyclic amines) is 1. The van der Waals surface area contributed by atoms with Crippen LogP contribution < -0.4 is 14.2 Å². The molecule has 2 aliphatic rings. The first-order valence-corrected chi connectivity index (χ1v) is 11.2. The molecule has 0 aliphatic carbocycles. The van der Waals surface area contributed by atoms with Crippen molar-refractivity contribution in [3.05, 3.63) is 54.6 Å². The summed E-state index contributed by atoms with van der Waals surface area (Å²) in [5, 5.41) is 2.35. The van der Waals surface area contributed by atoms with Gasteiger partial charge in [0, 0.05) is 5.39 Å². The van der Waals surface area contributed by atoms with Crippen LogP contribution in [-0.4, -0.2) is 37.9 Å². The molecule has 5 rings (SSSR count). The molecule has 4 nitrogen and oxygen atoms in total. The van der Waals surface area contributed by atoms with Crippen LogP contribution in [0.25, 0.3) is 21.9 Å². The highest BCUT2D eigenvalue weighted by Crippen LogP contribution is 2.39. The van der Waals surface area contributed by atoms with E-state index in [9.17, 15) is 0 Å². The van der Waals surface area contributed by atoms with Crippen molar-refractivity contribution in [3.63, 3.8) is 0 Å².